The van der Waals surface area contributed by atoms with Crippen molar-refractivity contribution in [3.63, 3.8) is 0 Å². The van der Waals surface area contributed by atoms with Gasteiger partial charge in [-0.2, -0.15) is 0 Å². The Hall–Kier alpha value is -2.82. The normalized spacial score (nSPS) is 19.5. The fourth-order valence-corrected chi connectivity index (χ4v) is 2.68. The lowest BCUT2D eigenvalue weighted by Crippen LogP contribution is -2.39. The molecular weight excluding hydrogens is 280 g/mol. The minimum absolute atomic E-state index is 0.141. The first kappa shape index (κ1) is 14.1. The zero-order chi connectivity index (χ0) is 15.4. The van der Waals surface area contributed by atoms with Crippen LogP contribution in [0.2, 0.25) is 0 Å². The number of urea groups is 1. The number of imide groups is 1. The van der Waals surface area contributed by atoms with Gasteiger partial charge in [0.1, 0.15) is 11.9 Å². The topological polar surface area (TPSA) is 67.4 Å². The van der Waals surface area contributed by atoms with Gasteiger partial charge in [-0.15, -0.1) is 0 Å². The molecule has 2 N–H and O–H groups in total. The molecule has 0 fully saturated rings. The van der Waals surface area contributed by atoms with Crippen LogP contribution in [0.4, 0.5) is 4.79 Å². The van der Waals surface area contributed by atoms with E-state index in [2.05, 4.69) is 10.6 Å². The highest BCUT2D eigenvalue weighted by Crippen LogP contribution is 2.40. The van der Waals surface area contributed by atoms with E-state index < -0.39 is 6.03 Å². The molecule has 0 saturated carbocycles. The Morgan fingerprint density at radius 1 is 1.09 bits per heavy atom. The summed E-state index contributed by atoms with van der Waals surface area (Å²) in [5.41, 5.74) is 1.97. The van der Waals surface area contributed by atoms with Crippen molar-refractivity contribution in [3.8, 4) is 5.75 Å². The van der Waals surface area contributed by atoms with Crippen LogP contribution < -0.4 is 15.4 Å². The van der Waals surface area contributed by atoms with E-state index in [-0.39, 0.29) is 12.1 Å². The van der Waals surface area contributed by atoms with Gasteiger partial charge in [0.25, 0.3) is 0 Å². The molecule has 2 aromatic rings. The summed E-state index contributed by atoms with van der Waals surface area (Å²) in [5, 5.41) is 4.92. The molecule has 1 aliphatic rings. The Kier molecular flexibility index (Phi) is 4.05. The maximum Gasteiger partial charge on any atom is 0.321 e. The maximum atomic E-state index is 11.7. The second-order valence-corrected chi connectivity index (χ2v) is 5.08. The summed E-state index contributed by atoms with van der Waals surface area (Å²) in [6.07, 6.45) is 0.834. The van der Waals surface area contributed by atoms with E-state index in [1.165, 1.54) is 0 Å². The molecule has 0 aromatic heterocycles. The third-order valence-electron chi connectivity index (χ3n) is 3.68. The van der Waals surface area contributed by atoms with E-state index in [4.69, 9.17) is 4.74 Å². The Labute approximate surface area is 128 Å². The van der Waals surface area contributed by atoms with E-state index in [1.54, 1.807) is 0 Å². The van der Waals surface area contributed by atoms with E-state index in [1.807, 2.05) is 54.6 Å². The first-order valence-corrected chi connectivity index (χ1v) is 7.09. The van der Waals surface area contributed by atoms with Crippen LogP contribution in [-0.2, 0) is 4.79 Å². The molecule has 2 atom stereocenters. The average Bonchev–Trinajstić information content (AvgIpc) is 2.56. The summed E-state index contributed by atoms with van der Waals surface area (Å²) in [7, 11) is 0. The number of hydrogen-bond acceptors (Lipinski definition) is 3. The lowest BCUT2D eigenvalue weighted by Gasteiger charge is -2.32. The van der Waals surface area contributed by atoms with Gasteiger partial charge in [0.05, 0.1) is 6.04 Å². The number of hydrogen-bond donors (Lipinski definition) is 2. The van der Waals surface area contributed by atoms with Gasteiger partial charge in [0.2, 0.25) is 6.41 Å². The van der Waals surface area contributed by atoms with Crippen LogP contribution in [0.1, 0.15) is 29.7 Å². The number of amides is 3. The number of nitrogens with one attached hydrogen (secondary N) is 2. The maximum absolute atomic E-state index is 11.7. The fourth-order valence-electron chi connectivity index (χ4n) is 2.68. The van der Waals surface area contributed by atoms with Crippen LogP contribution in [0, 0.1) is 0 Å². The Morgan fingerprint density at radius 2 is 1.82 bits per heavy atom. The van der Waals surface area contributed by atoms with E-state index >= 15 is 0 Å². The predicted molar refractivity (Wildman–Crippen MR) is 81.3 cm³/mol. The predicted octanol–water partition coefficient (Wildman–Crippen LogP) is 2.71. The fraction of sp³-hybridized carbons (Fsp3) is 0.176. The molecule has 0 radical (unpaired) electrons. The highest BCUT2D eigenvalue weighted by molar-refractivity contribution is 5.84. The van der Waals surface area contributed by atoms with Gasteiger partial charge in [-0.3, -0.25) is 10.1 Å². The standard InChI is InChI=1S/C17H16N2O3/c20-11-18-17(21)19-14-10-16(12-6-2-1-3-7-12)22-15-9-5-4-8-13(14)15/h1-9,11,14,16H,10H2,(H2,18,19,20,21). The Bertz CT molecular complexity index is 673. The molecule has 3 rings (SSSR count). The zero-order valence-electron chi connectivity index (χ0n) is 11.9. The van der Waals surface area contributed by atoms with Gasteiger partial charge in [-0.05, 0) is 11.6 Å². The molecule has 5 nitrogen and oxygen atoms in total. The van der Waals surface area contributed by atoms with Crippen LogP contribution in [-0.4, -0.2) is 12.4 Å². The van der Waals surface area contributed by atoms with Crippen molar-refractivity contribution in [1.82, 2.24) is 10.6 Å². The lowest BCUT2D eigenvalue weighted by atomic mass is 9.93. The van der Waals surface area contributed by atoms with Crippen molar-refractivity contribution in [2.75, 3.05) is 0 Å². The molecule has 0 saturated heterocycles. The van der Waals surface area contributed by atoms with Crippen molar-refractivity contribution in [2.45, 2.75) is 18.6 Å². The monoisotopic (exact) mass is 296 g/mol. The molecule has 2 aromatic carbocycles. The largest absolute Gasteiger partial charge is 0.485 e. The number of carbonyl (C=O) groups excluding carboxylic acids is 2. The Morgan fingerprint density at radius 3 is 2.59 bits per heavy atom. The molecule has 112 valence electrons. The first-order valence-electron chi connectivity index (χ1n) is 7.09. The molecular formula is C17H16N2O3. The number of benzene rings is 2. The van der Waals surface area contributed by atoms with Gasteiger partial charge in [-0.25, -0.2) is 4.79 Å². The minimum Gasteiger partial charge on any atom is -0.485 e. The van der Waals surface area contributed by atoms with Crippen molar-refractivity contribution in [1.29, 1.82) is 0 Å². The summed E-state index contributed by atoms with van der Waals surface area (Å²) in [4.78, 5) is 22.1. The third-order valence-corrected chi connectivity index (χ3v) is 3.68. The van der Waals surface area contributed by atoms with Crippen molar-refractivity contribution < 1.29 is 14.3 Å². The molecule has 2 unspecified atom stereocenters. The number of fused-ring (bicyclic) bond motifs is 1. The summed E-state index contributed by atoms with van der Waals surface area (Å²) in [6.45, 7) is 0. The van der Waals surface area contributed by atoms with E-state index in [0.717, 1.165) is 16.9 Å². The molecule has 1 aliphatic heterocycles. The van der Waals surface area contributed by atoms with Crippen molar-refractivity contribution in [2.24, 2.45) is 0 Å². The average molecular weight is 296 g/mol. The quantitative estimate of drug-likeness (QED) is 0.856. The minimum atomic E-state index is -0.511. The smallest absolute Gasteiger partial charge is 0.321 e. The summed E-state index contributed by atoms with van der Waals surface area (Å²) in [6, 6.07) is 16.8. The van der Waals surface area contributed by atoms with Gasteiger partial charge in [0, 0.05) is 12.0 Å². The number of para-hydroxylation sites is 1. The van der Waals surface area contributed by atoms with Crippen molar-refractivity contribution >= 4 is 12.4 Å². The van der Waals surface area contributed by atoms with Crippen molar-refractivity contribution in [3.05, 3.63) is 65.7 Å². The summed E-state index contributed by atoms with van der Waals surface area (Å²) >= 11 is 0. The van der Waals surface area contributed by atoms with Gasteiger partial charge in [-0.1, -0.05) is 48.5 Å². The van der Waals surface area contributed by atoms with Gasteiger partial charge >= 0.3 is 6.03 Å². The highest BCUT2D eigenvalue weighted by Gasteiger charge is 2.29. The van der Waals surface area contributed by atoms with E-state index in [9.17, 15) is 9.59 Å². The molecule has 0 bridgehead atoms. The molecule has 3 amide bonds. The highest BCUT2D eigenvalue weighted by atomic mass is 16.5. The first-order chi connectivity index (χ1) is 10.8. The zero-order valence-corrected chi connectivity index (χ0v) is 11.9. The molecule has 1 heterocycles. The second-order valence-electron chi connectivity index (χ2n) is 5.08. The van der Waals surface area contributed by atoms with Crippen LogP contribution in [0.5, 0.6) is 5.75 Å². The van der Waals surface area contributed by atoms with Gasteiger partial charge in [0.15, 0.2) is 0 Å². The van der Waals surface area contributed by atoms with Crippen LogP contribution in [0.25, 0.3) is 0 Å². The molecule has 22 heavy (non-hydrogen) atoms. The molecule has 0 aliphatic carbocycles. The molecule has 5 heteroatoms. The number of ether oxygens (including phenoxy) is 1. The second kappa shape index (κ2) is 6.30. The lowest BCUT2D eigenvalue weighted by molar-refractivity contribution is -0.108. The van der Waals surface area contributed by atoms with Crippen LogP contribution in [0.3, 0.4) is 0 Å². The van der Waals surface area contributed by atoms with Gasteiger partial charge < -0.3 is 10.1 Å². The van der Waals surface area contributed by atoms with Crippen LogP contribution >= 0.6 is 0 Å². The Balaban J connectivity index is 1.88. The SMILES string of the molecule is O=CNC(=O)NC1CC(c2ccccc2)Oc2ccccc21. The van der Waals surface area contributed by atoms with E-state index in [0.29, 0.717) is 12.8 Å². The summed E-state index contributed by atoms with van der Waals surface area (Å²) < 4.78 is 6.05. The summed E-state index contributed by atoms with van der Waals surface area (Å²) in [5.74, 6) is 0.749. The van der Waals surface area contributed by atoms with Crippen LogP contribution in [0.15, 0.2) is 54.6 Å². The number of carbonyl (C=O) groups is 2. The third kappa shape index (κ3) is 2.93. The number of rotatable bonds is 3. The molecule has 0 spiro atoms.